The number of rotatable bonds is 4. The predicted octanol–water partition coefficient (Wildman–Crippen LogP) is 3.02. The van der Waals surface area contributed by atoms with Crippen molar-refractivity contribution in [2.45, 2.75) is 46.1 Å². The molecule has 3 heterocycles. The number of nitrogens with zero attached hydrogens (tertiary/aromatic N) is 4. The van der Waals surface area contributed by atoms with E-state index in [2.05, 4.69) is 17.2 Å². The lowest BCUT2D eigenvalue weighted by Gasteiger charge is -2.33. The lowest BCUT2D eigenvalue weighted by molar-refractivity contribution is -0.135. The van der Waals surface area contributed by atoms with Gasteiger partial charge in [0.2, 0.25) is 5.91 Å². The molecule has 0 unspecified atom stereocenters. The molecule has 2 aliphatic heterocycles. The van der Waals surface area contributed by atoms with Gasteiger partial charge in [0.1, 0.15) is 0 Å². The van der Waals surface area contributed by atoms with Crippen LogP contribution < -0.4 is 0 Å². The van der Waals surface area contributed by atoms with E-state index in [0.29, 0.717) is 25.2 Å². The number of benzene rings is 1. The van der Waals surface area contributed by atoms with Crippen molar-refractivity contribution in [2.75, 3.05) is 26.2 Å². The zero-order valence-electron chi connectivity index (χ0n) is 17.4. The van der Waals surface area contributed by atoms with E-state index in [1.54, 1.807) is 0 Å². The van der Waals surface area contributed by atoms with Crippen LogP contribution in [0.15, 0.2) is 30.3 Å². The average molecular weight is 395 g/mol. The van der Waals surface area contributed by atoms with E-state index in [-0.39, 0.29) is 17.7 Å². The average Bonchev–Trinajstić information content (AvgIpc) is 3.37. The zero-order chi connectivity index (χ0) is 20.4. The highest BCUT2D eigenvalue weighted by atomic mass is 16.2. The highest BCUT2D eigenvalue weighted by molar-refractivity contribution is 5.96. The molecule has 0 N–H and O–H groups in total. The first-order valence-electron chi connectivity index (χ1n) is 10.7. The highest BCUT2D eigenvalue weighted by Gasteiger charge is 2.32. The van der Waals surface area contributed by atoms with E-state index in [4.69, 9.17) is 0 Å². The number of aromatic nitrogens is 2. The van der Waals surface area contributed by atoms with Gasteiger partial charge < -0.3 is 9.80 Å². The molecule has 6 nitrogen and oxygen atoms in total. The minimum Gasteiger partial charge on any atom is -0.342 e. The molecule has 2 amide bonds. The van der Waals surface area contributed by atoms with Crippen molar-refractivity contribution in [1.82, 2.24) is 19.6 Å². The molecule has 0 bridgehead atoms. The Balaban J connectivity index is 1.42. The van der Waals surface area contributed by atoms with Crippen molar-refractivity contribution in [1.29, 1.82) is 0 Å². The Hall–Kier alpha value is -2.63. The van der Waals surface area contributed by atoms with Crippen molar-refractivity contribution in [3.8, 4) is 0 Å². The topological polar surface area (TPSA) is 58.4 Å². The van der Waals surface area contributed by atoms with Gasteiger partial charge in [-0.3, -0.25) is 14.3 Å². The number of piperidine rings is 1. The molecule has 1 aromatic carbocycles. The second-order valence-electron chi connectivity index (χ2n) is 8.29. The first-order valence-corrected chi connectivity index (χ1v) is 10.7. The summed E-state index contributed by atoms with van der Waals surface area (Å²) in [5.74, 6) is 0.407. The van der Waals surface area contributed by atoms with Crippen LogP contribution in [0.5, 0.6) is 0 Å². The van der Waals surface area contributed by atoms with E-state index < -0.39 is 0 Å². The van der Waals surface area contributed by atoms with Crippen LogP contribution in [0.2, 0.25) is 0 Å². The summed E-state index contributed by atoms with van der Waals surface area (Å²) in [5.41, 5.74) is 3.56. The van der Waals surface area contributed by atoms with Gasteiger partial charge in [0.25, 0.3) is 5.91 Å². The summed E-state index contributed by atoms with van der Waals surface area (Å²) in [6.45, 7) is 7.63. The van der Waals surface area contributed by atoms with Crippen LogP contribution in [0.25, 0.3) is 0 Å². The SMILES string of the molecule is Cc1nn(Cc2ccccc2)c(C)c1C(=O)N1CCC(C(=O)N2CCCC2)CC1. The molecule has 2 aromatic rings. The molecule has 0 spiro atoms. The number of carbonyl (C=O) groups excluding carboxylic acids is 2. The van der Waals surface area contributed by atoms with E-state index in [1.165, 1.54) is 5.56 Å². The van der Waals surface area contributed by atoms with Crippen LogP contribution in [-0.4, -0.2) is 57.6 Å². The lowest BCUT2D eigenvalue weighted by atomic mass is 9.94. The number of aryl methyl sites for hydroxylation is 1. The largest absolute Gasteiger partial charge is 0.342 e. The molecule has 2 fully saturated rings. The quantitative estimate of drug-likeness (QED) is 0.801. The standard InChI is InChI=1S/C23H30N4O2/c1-17-21(18(2)27(24-17)16-19-8-4-3-5-9-19)23(29)26-14-10-20(11-15-26)22(28)25-12-6-7-13-25/h3-5,8-9,20H,6-7,10-16H2,1-2H3. The Kier molecular flexibility index (Phi) is 5.69. The second-order valence-corrected chi connectivity index (χ2v) is 8.29. The number of hydrogen-bond donors (Lipinski definition) is 0. The van der Waals surface area contributed by atoms with Crippen molar-refractivity contribution in [2.24, 2.45) is 5.92 Å². The molecular formula is C23H30N4O2. The summed E-state index contributed by atoms with van der Waals surface area (Å²) < 4.78 is 1.92. The van der Waals surface area contributed by atoms with Gasteiger partial charge in [0, 0.05) is 37.8 Å². The summed E-state index contributed by atoms with van der Waals surface area (Å²) in [6, 6.07) is 10.2. The van der Waals surface area contributed by atoms with Gasteiger partial charge in [0.05, 0.1) is 17.8 Å². The van der Waals surface area contributed by atoms with Crippen LogP contribution >= 0.6 is 0 Å². The Labute approximate surface area is 172 Å². The fourth-order valence-corrected chi connectivity index (χ4v) is 4.60. The number of likely N-dealkylation sites (tertiary alicyclic amines) is 2. The smallest absolute Gasteiger partial charge is 0.257 e. The molecule has 2 aliphatic rings. The van der Waals surface area contributed by atoms with E-state index in [1.807, 2.05) is 46.5 Å². The van der Waals surface area contributed by atoms with Gasteiger partial charge in [0.15, 0.2) is 0 Å². The third-order valence-corrected chi connectivity index (χ3v) is 6.32. The van der Waals surface area contributed by atoms with Crippen molar-refractivity contribution in [3.05, 3.63) is 52.8 Å². The van der Waals surface area contributed by atoms with Gasteiger partial charge in [-0.15, -0.1) is 0 Å². The normalized spacial score (nSPS) is 17.7. The van der Waals surface area contributed by atoms with Crippen molar-refractivity contribution < 1.29 is 9.59 Å². The molecule has 6 heteroatoms. The molecule has 0 aliphatic carbocycles. The maximum Gasteiger partial charge on any atom is 0.257 e. The third-order valence-electron chi connectivity index (χ3n) is 6.32. The summed E-state index contributed by atoms with van der Waals surface area (Å²) in [7, 11) is 0. The minimum atomic E-state index is 0.0476. The molecule has 0 atom stereocenters. The molecule has 0 saturated carbocycles. The highest BCUT2D eigenvalue weighted by Crippen LogP contribution is 2.25. The van der Waals surface area contributed by atoms with Crippen LogP contribution in [0.3, 0.4) is 0 Å². The van der Waals surface area contributed by atoms with Gasteiger partial charge in [-0.05, 0) is 45.1 Å². The van der Waals surface area contributed by atoms with E-state index in [9.17, 15) is 9.59 Å². The zero-order valence-corrected chi connectivity index (χ0v) is 17.4. The molecule has 29 heavy (non-hydrogen) atoms. The predicted molar refractivity (Wildman–Crippen MR) is 112 cm³/mol. The Morgan fingerprint density at radius 1 is 0.966 bits per heavy atom. The van der Waals surface area contributed by atoms with Gasteiger partial charge in [-0.2, -0.15) is 5.10 Å². The summed E-state index contributed by atoms with van der Waals surface area (Å²) >= 11 is 0. The second kappa shape index (κ2) is 8.39. The Morgan fingerprint density at radius 3 is 2.28 bits per heavy atom. The molecule has 1 aromatic heterocycles. The van der Waals surface area contributed by atoms with Crippen molar-refractivity contribution >= 4 is 11.8 Å². The lowest BCUT2D eigenvalue weighted by Crippen LogP contribution is -2.44. The molecule has 154 valence electrons. The van der Waals surface area contributed by atoms with Crippen LogP contribution in [0, 0.1) is 19.8 Å². The number of amides is 2. The first-order chi connectivity index (χ1) is 14.0. The molecular weight excluding hydrogens is 364 g/mol. The molecule has 2 saturated heterocycles. The van der Waals surface area contributed by atoms with Crippen LogP contribution in [-0.2, 0) is 11.3 Å². The molecule has 0 radical (unpaired) electrons. The summed E-state index contributed by atoms with van der Waals surface area (Å²) in [6.07, 6.45) is 3.76. The fourth-order valence-electron chi connectivity index (χ4n) is 4.60. The molecule has 4 rings (SSSR count). The van der Waals surface area contributed by atoms with E-state index >= 15 is 0 Å². The maximum absolute atomic E-state index is 13.2. The Bertz CT molecular complexity index is 876. The van der Waals surface area contributed by atoms with E-state index in [0.717, 1.165) is 50.2 Å². The maximum atomic E-state index is 13.2. The summed E-state index contributed by atoms with van der Waals surface area (Å²) in [5, 5.41) is 4.63. The number of hydrogen-bond acceptors (Lipinski definition) is 3. The first kappa shape index (κ1) is 19.7. The van der Waals surface area contributed by atoms with Gasteiger partial charge >= 0.3 is 0 Å². The minimum absolute atomic E-state index is 0.0476. The van der Waals surface area contributed by atoms with Crippen LogP contribution in [0.1, 0.15) is 53.0 Å². The third kappa shape index (κ3) is 4.07. The van der Waals surface area contributed by atoms with Gasteiger partial charge in [-0.25, -0.2) is 0 Å². The number of carbonyl (C=O) groups is 2. The fraction of sp³-hybridized carbons (Fsp3) is 0.522. The van der Waals surface area contributed by atoms with Gasteiger partial charge in [-0.1, -0.05) is 30.3 Å². The Morgan fingerprint density at radius 2 is 1.62 bits per heavy atom. The van der Waals surface area contributed by atoms with Crippen molar-refractivity contribution in [3.63, 3.8) is 0 Å². The monoisotopic (exact) mass is 394 g/mol. The summed E-state index contributed by atoms with van der Waals surface area (Å²) in [4.78, 5) is 29.8. The van der Waals surface area contributed by atoms with Crippen LogP contribution in [0.4, 0.5) is 0 Å².